The third kappa shape index (κ3) is 7.12. The zero-order chi connectivity index (χ0) is 24.0. The third-order valence-corrected chi connectivity index (χ3v) is 7.17. The number of carbonyl (C=O) groups is 2. The van der Waals surface area contributed by atoms with Crippen LogP contribution in [0.1, 0.15) is 31.4 Å². The summed E-state index contributed by atoms with van der Waals surface area (Å²) in [5, 5.41) is 2.59. The summed E-state index contributed by atoms with van der Waals surface area (Å²) in [5.41, 5.74) is 2.97. The monoisotopic (exact) mass is 472 g/mol. The van der Waals surface area contributed by atoms with Crippen molar-refractivity contribution in [1.29, 1.82) is 0 Å². The topological polar surface area (TPSA) is 98.8 Å². The molecular formula is C24H32N4O4S. The maximum Gasteiger partial charge on any atom is 0.241 e. The molecule has 2 aromatic carbocycles. The van der Waals surface area contributed by atoms with E-state index in [1.165, 1.54) is 42.3 Å². The Hall–Kier alpha value is -2.75. The molecule has 0 saturated carbocycles. The van der Waals surface area contributed by atoms with Crippen LogP contribution in [0.3, 0.4) is 0 Å². The van der Waals surface area contributed by atoms with Gasteiger partial charge in [0.25, 0.3) is 0 Å². The maximum absolute atomic E-state index is 13.0. The minimum atomic E-state index is -3.87. The van der Waals surface area contributed by atoms with Crippen molar-refractivity contribution >= 4 is 27.5 Å². The second kappa shape index (κ2) is 10.9. The van der Waals surface area contributed by atoms with Crippen LogP contribution in [-0.4, -0.2) is 62.3 Å². The van der Waals surface area contributed by atoms with Gasteiger partial charge in [-0.1, -0.05) is 29.8 Å². The molecule has 1 aliphatic heterocycles. The van der Waals surface area contributed by atoms with Crippen LogP contribution in [-0.2, 0) is 26.2 Å². The van der Waals surface area contributed by atoms with Crippen molar-refractivity contribution in [2.75, 3.05) is 31.5 Å². The smallest absolute Gasteiger partial charge is 0.241 e. The number of nitrogens with zero attached hydrogens (tertiary/aromatic N) is 2. The maximum atomic E-state index is 13.0. The molecule has 8 nitrogen and oxygen atoms in total. The van der Waals surface area contributed by atoms with E-state index in [9.17, 15) is 18.0 Å². The molecule has 1 saturated heterocycles. The Morgan fingerprint density at radius 1 is 0.970 bits per heavy atom. The molecule has 1 fully saturated rings. The summed E-state index contributed by atoms with van der Waals surface area (Å²) in [4.78, 5) is 28.2. The first kappa shape index (κ1) is 24.9. The van der Waals surface area contributed by atoms with Gasteiger partial charge in [0.05, 0.1) is 10.9 Å². The summed E-state index contributed by atoms with van der Waals surface area (Å²) in [5.74, 6) is -0.469. The summed E-state index contributed by atoms with van der Waals surface area (Å²) in [6, 6.07) is 13.4. The van der Waals surface area contributed by atoms with Crippen LogP contribution in [0.5, 0.6) is 0 Å². The number of hydrogen-bond donors (Lipinski definition) is 2. The molecular weight excluding hydrogens is 440 g/mol. The molecule has 0 unspecified atom stereocenters. The molecule has 0 bridgehead atoms. The Bertz CT molecular complexity index is 1070. The molecule has 0 aliphatic carbocycles. The molecule has 2 amide bonds. The first-order valence-electron chi connectivity index (χ1n) is 11.1. The molecule has 0 spiro atoms. The number of rotatable bonds is 7. The Morgan fingerprint density at radius 3 is 2.27 bits per heavy atom. The predicted octanol–water partition coefficient (Wildman–Crippen LogP) is 2.35. The molecule has 3 rings (SSSR count). The lowest BCUT2D eigenvalue weighted by Crippen LogP contribution is -2.47. The minimum Gasteiger partial charge on any atom is -0.340 e. The van der Waals surface area contributed by atoms with Gasteiger partial charge in [0, 0.05) is 45.3 Å². The van der Waals surface area contributed by atoms with Crippen molar-refractivity contribution in [3.63, 3.8) is 0 Å². The number of amides is 2. The van der Waals surface area contributed by atoms with Crippen molar-refractivity contribution in [2.24, 2.45) is 0 Å². The molecule has 1 heterocycles. The van der Waals surface area contributed by atoms with E-state index in [1.807, 2.05) is 0 Å². The van der Waals surface area contributed by atoms with Gasteiger partial charge in [0.15, 0.2) is 0 Å². The highest BCUT2D eigenvalue weighted by atomic mass is 32.2. The second-order valence-electron chi connectivity index (χ2n) is 8.49. The van der Waals surface area contributed by atoms with Crippen LogP contribution in [0.25, 0.3) is 0 Å². The fraction of sp³-hybridized carbons (Fsp3) is 0.417. The lowest BCUT2D eigenvalue weighted by Gasteiger charge is -2.25. The summed E-state index contributed by atoms with van der Waals surface area (Å²) < 4.78 is 28.0. The fourth-order valence-corrected chi connectivity index (χ4v) is 5.04. The molecule has 0 radical (unpaired) electrons. The van der Waals surface area contributed by atoms with Crippen LogP contribution in [0.2, 0.25) is 0 Å². The Labute approximate surface area is 196 Å². The number of nitrogens with one attached hydrogen (secondary N) is 2. The number of hydrogen-bond acceptors (Lipinski definition) is 5. The van der Waals surface area contributed by atoms with E-state index >= 15 is 0 Å². The lowest BCUT2D eigenvalue weighted by atomic mass is 10.1. The van der Waals surface area contributed by atoms with E-state index < -0.39 is 16.1 Å². The first-order chi connectivity index (χ1) is 15.6. The van der Waals surface area contributed by atoms with Gasteiger partial charge < -0.3 is 10.2 Å². The van der Waals surface area contributed by atoms with Gasteiger partial charge in [-0.15, -0.1) is 0 Å². The van der Waals surface area contributed by atoms with Crippen molar-refractivity contribution < 1.29 is 18.0 Å². The van der Waals surface area contributed by atoms with Crippen molar-refractivity contribution in [3.05, 3.63) is 59.7 Å². The van der Waals surface area contributed by atoms with Gasteiger partial charge in [0.1, 0.15) is 0 Å². The zero-order valence-corrected chi connectivity index (χ0v) is 20.2. The summed E-state index contributed by atoms with van der Waals surface area (Å²) in [6.45, 7) is 8.63. The van der Waals surface area contributed by atoms with E-state index in [4.69, 9.17) is 0 Å². The predicted molar refractivity (Wildman–Crippen MR) is 128 cm³/mol. The Morgan fingerprint density at radius 2 is 1.64 bits per heavy atom. The normalized spacial score (nSPS) is 16.2. The number of carbonyl (C=O) groups excluding carboxylic acids is 2. The summed E-state index contributed by atoms with van der Waals surface area (Å²) >= 11 is 0. The largest absolute Gasteiger partial charge is 0.340 e. The van der Waals surface area contributed by atoms with Crippen LogP contribution in [0.15, 0.2) is 53.4 Å². The number of benzene rings is 2. The average molecular weight is 473 g/mol. The van der Waals surface area contributed by atoms with Crippen molar-refractivity contribution in [2.45, 2.75) is 44.7 Å². The summed E-state index contributed by atoms with van der Waals surface area (Å²) in [7, 11) is -3.87. The quantitative estimate of drug-likeness (QED) is 0.645. The number of aryl methyl sites for hydroxylation is 1. The second-order valence-corrected chi connectivity index (χ2v) is 10.2. The highest BCUT2D eigenvalue weighted by Gasteiger charge is 2.27. The van der Waals surface area contributed by atoms with Crippen LogP contribution in [0.4, 0.5) is 5.69 Å². The van der Waals surface area contributed by atoms with Crippen molar-refractivity contribution in [3.8, 4) is 0 Å². The highest BCUT2D eigenvalue weighted by molar-refractivity contribution is 7.89. The molecule has 9 heteroatoms. The van der Waals surface area contributed by atoms with Crippen molar-refractivity contribution in [1.82, 2.24) is 14.5 Å². The zero-order valence-electron chi connectivity index (χ0n) is 19.4. The van der Waals surface area contributed by atoms with Gasteiger partial charge in [-0.05, 0) is 50.1 Å². The van der Waals surface area contributed by atoms with E-state index in [1.54, 1.807) is 11.8 Å². The van der Waals surface area contributed by atoms with E-state index in [0.717, 1.165) is 26.1 Å². The average Bonchev–Trinajstić information content (AvgIpc) is 3.00. The molecule has 178 valence electrons. The molecule has 1 aliphatic rings. The van der Waals surface area contributed by atoms with Crippen LogP contribution < -0.4 is 10.0 Å². The fourth-order valence-electron chi connectivity index (χ4n) is 3.85. The highest BCUT2D eigenvalue weighted by Crippen LogP contribution is 2.15. The van der Waals surface area contributed by atoms with E-state index in [2.05, 4.69) is 46.1 Å². The van der Waals surface area contributed by atoms with Crippen LogP contribution in [0, 0.1) is 6.92 Å². The van der Waals surface area contributed by atoms with Gasteiger partial charge in [0.2, 0.25) is 21.8 Å². The number of anilines is 1. The number of sulfonamides is 1. The standard InChI is InChI=1S/C24H32N4O4S/c1-18-5-7-21(8-6-18)17-27-13-4-14-28(16-15-27)24(30)19(2)26-33(31,32)23-11-9-22(10-12-23)25-20(3)29/h5-12,19,26H,4,13-17H2,1-3H3,(H,25,29)/t19-/m0/s1. The van der Waals surface area contributed by atoms with E-state index in [-0.39, 0.29) is 16.7 Å². The molecule has 0 aromatic heterocycles. The van der Waals surface area contributed by atoms with Gasteiger partial charge in [-0.25, -0.2) is 8.42 Å². The van der Waals surface area contributed by atoms with Gasteiger partial charge in [-0.3, -0.25) is 14.5 Å². The van der Waals surface area contributed by atoms with Crippen LogP contribution >= 0.6 is 0 Å². The first-order valence-corrected chi connectivity index (χ1v) is 12.6. The Kier molecular flexibility index (Phi) is 8.23. The molecule has 1 atom stereocenters. The Balaban J connectivity index is 1.56. The van der Waals surface area contributed by atoms with E-state index in [0.29, 0.717) is 18.8 Å². The SMILES string of the molecule is CC(=O)Nc1ccc(S(=O)(=O)N[C@@H](C)C(=O)N2CCCN(Cc3ccc(C)cc3)CC2)cc1. The van der Waals surface area contributed by atoms with Gasteiger partial charge in [-0.2, -0.15) is 4.72 Å². The molecule has 33 heavy (non-hydrogen) atoms. The molecule has 2 aromatic rings. The minimum absolute atomic E-state index is 0.0383. The third-order valence-electron chi connectivity index (χ3n) is 5.61. The lowest BCUT2D eigenvalue weighted by molar-refractivity contribution is -0.132. The van der Waals surface area contributed by atoms with Gasteiger partial charge >= 0.3 is 0 Å². The summed E-state index contributed by atoms with van der Waals surface area (Å²) in [6.07, 6.45) is 0.835. The molecule has 2 N–H and O–H groups in total.